The van der Waals surface area contributed by atoms with Crippen molar-refractivity contribution >= 4 is 0 Å². The average molecular weight is 236 g/mol. The van der Waals surface area contributed by atoms with Crippen molar-refractivity contribution in [1.29, 1.82) is 5.26 Å². The van der Waals surface area contributed by atoms with Gasteiger partial charge in [-0.3, -0.25) is 0 Å². The molecule has 0 bridgehead atoms. The van der Waals surface area contributed by atoms with Gasteiger partial charge in [0.2, 0.25) is 5.76 Å². The van der Waals surface area contributed by atoms with Crippen molar-refractivity contribution in [2.45, 2.75) is 33.2 Å². The van der Waals surface area contributed by atoms with Gasteiger partial charge in [-0.25, -0.2) is 0 Å². The highest BCUT2D eigenvalue weighted by Gasteiger charge is 2.16. The predicted octanol–water partition coefficient (Wildman–Crippen LogP) is 2.04. The third-order valence-electron chi connectivity index (χ3n) is 2.69. The first-order chi connectivity index (χ1) is 8.07. The fourth-order valence-corrected chi connectivity index (χ4v) is 1.70. The zero-order chi connectivity index (χ0) is 12.7. The molecule has 0 aromatic carbocycles. The summed E-state index contributed by atoms with van der Waals surface area (Å²) in [6, 6.07) is 5.45. The van der Waals surface area contributed by atoms with E-state index < -0.39 is 0 Å². The molecule has 0 atom stereocenters. The third-order valence-corrected chi connectivity index (χ3v) is 2.69. The summed E-state index contributed by atoms with van der Waals surface area (Å²) in [5.74, 6) is 1.13. The lowest BCUT2D eigenvalue weighted by molar-refractivity contribution is 0.235. The van der Waals surface area contributed by atoms with Crippen LogP contribution in [0.25, 0.3) is 0 Å². The number of hydrogen-bond acceptors (Lipinski definition) is 4. The molecule has 0 radical (unpaired) electrons. The van der Waals surface area contributed by atoms with Gasteiger partial charge in [-0.2, -0.15) is 5.26 Å². The van der Waals surface area contributed by atoms with Crippen LogP contribution in [0.2, 0.25) is 0 Å². The Hall–Kier alpha value is -1.31. The molecular weight excluding hydrogens is 216 g/mol. The Morgan fingerprint density at radius 1 is 1.47 bits per heavy atom. The highest BCUT2D eigenvalue weighted by atomic mass is 16.3. The van der Waals surface area contributed by atoms with Gasteiger partial charge in [0.25, 0.3) is 0 Å². The Bertz CT molecular complexity index is 377. The molecule has 17 heavy (non-hydrogen) atoms. The fourth-order valence-electron chi connectivity index (χ4n) is 1.70. The summed E-state index contributed by atoms with van der Waals surface area (Å²) in [5, 5.41) is 20.7. The lowest BCUT2D eigenvalue weighted by Gasteiger charge is -2.24. The second kappa shape index (κ2) is 6.43. The molecule has 0 saturated heterocycles. The Morgan fingerprint density at radius 2 is 2.24 bits per heavy atom. The van der Waals surface area contributed by atoms with Crippen molar-refractivity contribution in [2.75, 3.05) is 13.2 Å². The van der Waals surface area contributed by atoms with Crippen molar-refractivity contribution in [1.82, 2.24) is 5.32 Å². The summed E-state index contributed by atoms with van der Waals surface area (Å²) in [5.41, 5.74) is 0.160. The van der Waals surface area contributed by atoms with Crippen molar-refractivity contribution in [3.8, 4) is 6.07 Å². The van der Waals surface area contributed by atoms with E-state index in [-0.39, 0.29) is 12.0 Å². The number of hydrogen-bond donors (Lipinski definition) is 2. The van der Waals surface area contributed by atoms with E-state index >= 15 is 0 Å². The molecule has 2 N–H and O–H groups in total. The van der Waals surface area contributed by atoms with E-state index in [9.17, 15) is 0 Å². The van der Waals surface area contributed by atoms with E-state index in [1.165, 1.54) is 0 Å². The molecule has 1 heterocycles. The van der Waals surface area contributed by atoms with Crippen LogP contribution in [-0.2, 0) is 6.54 Å². The second-order valence-electron chi connectivity index (χ2n) is 4.97. The van der Waals surface area contributed by atoms with Crippen molar-refractivity contribution in [2.24, 2.45) is 5.41 Å². The summed E-state index contributed by atoms with van der Waals surface area (Å²) in [7, 11) is 0. The van der Waals surface area contributed by atoms with Crippen molar-refractivity contribution < 1.29 is 9.52 Å². The SMILES string of the molecule is CC(C)(CCCO)CNCc1ccc(C#N)o1. The lowest BCUT2D eigenvalue weighted by Crippen LogP contribution is -2.29. The van der Waals surface area contributed by atoms with Crippen molar-refractivity contribution in [3.05, 3.63) is 23.7 Å². The molecule has 0 aliphatic rings. The normalized spacial score (nSPS) is 11.4. The molecule has 0 amide bonds. The quantitative estimate of drug-likeness (QED) is 0.760. The molecular formula is C13H20N2O2. The summed E-state index contributed by atoms with van der Waals surface area (Å²) in [6.07, 6.45) is 1.81. The number of aliphatic hydroxyl groups excluding tert-OH is 1. The first-order valence-electron chi connectivity index (χ1n) is 5.88. The van der Waals surface area contributed by atoms with Crippen LogP contribution in [0.4, 0.5) is 0 Å². The van der Waals surface area contributed by atoms with Crippen LogP contribution in [0, 0.1) is 16.7 Å². The average Bonchev–Trinajstić information content (AvgIpc) is 2.74. The maximum absolute atomic E-state index is 8.80. The second-order valence-corrected chi connectivity index (χ2v) is 4.97. The van der Waals surface area contributed by atoms with Gasteiger partial charge in [0.15, 0.2) is 0 Å². The van der Waals surface area contributed by atoms with Gasteiger partial charge in [-0.15, -0.1) is 0 Å². The van der Waals surface area contributed by atoms with Crippen LogP contribution >= 0.6 is 0 Å². The summed E-state index contributed by atoms with van der Waals surface area (Å²) < 4.78 is 5.27. The molecule has 0 spiro atoms. The van der Waals surface area contributed by atoms with Crippen LogP contribution in [0.15, 0.2) is 16.5 Å². The van der Waals surface area contributed by atoms with Crippen LogP contribution in [-0.4, -0.2) is 18.3 Å². The van der Waals surface area contributed by atoms with Gasteiger partial charge in [-0.05, 0) is 30.4 Å². The minimum absolute atomic E-state index is 0.160. The Balaban J connectivity index is 2.29. The van der Waals surface area contributed by atoms with Crippen molar-refractivity contribution in [3.63, 3.8) is 0 Å². The molecule has 0 aliphatic carbocycles. The minimum atomic E-state index is 0.160. The molecule has 4 heteroatoms. The third kappa shape index (κ3) is 5.03. The maximum atomic E-state index is 8.80. The van der Waals surface area contributed by atoms with Gasteiger partial charge in [0, 0.05) is 13.2 Å². The number of nitriles is 1. The van der Waals surface area contributed by atoms with E-state index in [0.717, 1.165) is 25.1 Å². The highest BCUT2D eigenvalue weighted by Crippen LogP contribution is 2.20. The van der Waals surface area contributed by atoms with Crippen LogP contribution in [0.5, 0.6) is 0 Å². The van der Waals surface area contributed by atoms with E-state index in [1.807, 2.05) is 12.1 Å². The van der Waals surface area contributed by atoms with Crippen LogP contribution in [0.1, 0.15) is 38.2 Å². The molecule has 1 aromatic rings. The molecule has 0 saturated carbocycles. The Kier molecular flexibility index (Phi) is 5.20. The largest absolute Gasteiger partial charge is 0.449 e. The summed E-state index contributed by atoms with van der Waals surface area (Å²) >= 11 is 0. The summed E-state index contributed by atoms with van der Waals surface area (Å²) in [4.78, 5) is 0. The monoisotopic (exact) mass is 236 g/mol. The molecule has 0 fully saturated rings. The molecule has 0 aliphatic heterocycles. The lowest BCUT2D eigenvalue weighted by atomic mass is 9.88. The maximum Gasteiger partial charge on any atom is 0.203 e. The summed E-state index contributed by atoms with van der Waals surface area (Å²) in [6.45, 7) is 6.06. The van der Waals surface area contributed by atoms with E-state index in [2.05, 4.69) is 19.2 Å². The van der Waals surface area contributed by atoms with Gasteiger partial charge in [0.1, 0.15) is 11.8 Å². The predicted molar refractivity (Wildman–Crippen MR) is 65.2 cm³/mol. The van der Waals surface area contributed by atoms with Gasteiger partial charge < -0.3 is 14.8 Å². The first-order valence-corrected chi connectivity index (χ1v) is 5.88. The number of rotatable bonds is 7. The van der Waals surface area contributed by atoms with E-state index in [0.29, 0.717) is 12.3 Å². The zero-order valence-corrected chi connectivity index (χ0v) is 10.5. The molecule has 1 rings (SSSR count). The first kappa shape index (κ1) is 13.8. The Labute approximate surface area is 102 Å². The minimum Gasteiger partial charge on any atom is -0.449 e. The number of furan rings is 1. The van der Waals surface area contributed by atoms with Crippen LogP contribution < -0.4 is 5.32 Å². The van der Waals surface area contributed by atoms with Gasteiger partial charge in [-0.1, -0.05) is 13.8 Å². The standard InChI is InChI=1S/C13H20N2O2/c1-13(2,6-3-7-16)10-15-9-12-5-4-11(8-14)17-12/h4-5,15-16H,3,6-7,9-10H2,1-2H3. The smallest absolute Gasteiger partial charge is 0.203 e. The van der Waals surface area contributed by atoms with Gasteiger partial charge in [0.05, 0.1) is 6.54 Å². The number of aliphatic hydroxyl groups is 1. The Morgan fingerprint density at radius 3 is 2.82 bits per heavy atom. The number of nitrogens with one attached hydrogen (secondary N) is 1. The highest BCUT2D eigenvalue weighted by molar-refractivity contribution is 5.18. The molecule has 0 unspecified atom stereocenters. The molecule has 1 aromatic heterocycles. The molecule has 4 nitrogen and oxygen atoms in total. The van der Waals surface area contributed by atoms with E-state index in [1.54, 1.807) is 6.07 Å². The van der Waals surface area contributed by atoms with Crippen LogP contribution in [0.3, 0.4) is 0 Å². The topological polar surface area (TPSA) is 69.2 Å². The van der Waals surface area contributed by atoms with Gasteiger partial charge >= 0.3 is 0 Å². The molecule has 94 valence electrons. The fraction of sp³-hybridized carbons (Fsp3) is 0.615. The number of nitrogens with zero attached hydrogens (tertiary/aromatic N) is 1. The zero-order valence-electron chi connectivity index (χ0n) is 10.5. The van der Waals surface area contributed by atoms with E-state index in [4.69, 9.17) is 14.8 Å².